The molecule has 0 saturated carbocycles. The molecule has 2 aromatic heterocycles. The number of fused-ring (bicyclic) bond motifs is 1. The fraction of sp³-hybridized carbons (Fsp3) is 0.294. The predicted molar refractivity (Wildman–Crippen MR) is 86.7 cm³/mol. The Morgan fingerprint density at radius 1 is 1.09 bits per heavy atom. The Labute approximate surface area is 129 Å². The number of aromatic amines is 1. The Bertz CT molecular complexity index is 760. The Morgan fingerprint density at radius 3 is 2.50 bits per heavy atom. The summed E-state index contributed by atoms with van der Waals surface area (Å²) in [5, 5.41) is 1.12. The molecule has 0 bridgehead atoms. The summed E-state index contributed by atoms with van der Waals surface area (Å²) in [5.41, 5.74) is 3.31. The highest BCUT2D eigenvalue weighted by Crippen LogP contribution is 2.37. The monoisotopic (exact) mass is 300 g/mol. The van der Waals surface area contributed by atoms with Crippen molar-refractivity contribution in [2.45, 2.75) is 6.54 Å². The first-order chi connectivity index (χ1) is 10.8. The lowest BCUT2D eigenvalue weighted by Gasteiger charge is -2.10. The molecule has 0 aliphatic rings. The van der Waals surface area contributed by atoms with Crippen molar-refractivity contribution in [2.75, 3.05) is 27.9 Å². The largest absolute Gasteiger partial charge is 0.493 e. The number of hydrogen-bond donors (Lipinski definition) is 1. The number of benzene rings is 1. The molecule has 0 spiro atoms. The average molecular weight is 300 g/mol. The molecule has 1 aromatic carbocycles. The number of nitrogens with zero attached hydrogens (tertiary/aromatic N) is 1. The Balaban J connectivity index is 2.22. The molecule has 2 heterocycles. The zero-order valence-electron chi connectivity index (χ0n) is 13.1. The van der Waals surface area contributed by atoms with E-state index in [9.17, 15) is 0 Å². The summed E-state index contributed by atoms with van der Waals surface area (Å²) in [4.78, 5) is 3.26. The minimum absolute atomic E-state index is 0.655. The Hall–Kier alpha value is -2.40. The molecule has 0 fully saturated rings. The molecule has 5 nitrogen and oxygen atoms in total. The minimum atomic E-state index is 0.655. The highest BCUT2D eigenvalue weighted by atomic mass is 16.5. The van der Waals surface area contributed by atoms with E-state index < -0.39 is 0 Å². The zero-order chi connectivity index (χ0) is 15.5. The number of rotatable bonds is 6. The SMILES string of the molecule is COCCn1cc(-c2ccc[nH]2)c2cc(OC)c(OC)cc21. The maximum absolute atomic E-state index is 5.44. The molecule has 116 valence electrons. The van der Waals surface area contributed by atoms with Gasteiger partial charge in [0.15, 0.2) is 11.5 Å². The second kappa shape index (κ2) is 6.15. The van der Waals surface area contributed by atoms with E-state index in [4.69, 9.17) is 14.2 Å². The van der Waals surface area contributed by atoms with Crippen LogP contribution in [0.3, 0.4) is 0 Å². The van der Waals surface area contributed by atoms with E-state index in [2.05, 4.69) is 21.8 Å². The Kier molecular flexibility index (Phi) is 4.06. The highest BCUT2D eigenvalue weighted by molar-refractivity contribution is 5.97. The molecule has 22 heavy (non-hydrogen) atoms. The van der Waals surface area contributed by atoms with E-state index in [1.165, 1.54) is 0 Å². The van der Waals surface area contributed by atoms with Crippen molar-refractivity contribution in [2.24, 2.45) is 0 Å². The van der Waals surface area contributed by atoms with Gasteiger partial charge < -0.3 is 23.8 Å². The lowest BCUT2D eigenvalue weighted by atomic mass is 10.1. The second-order valence-electron chi connectivity index (χ2n) is 5.04. The molecule has 0 aliphatic carbocycles. The lowest BCUT2D eigenvalue weighted by Crippen LogP contribution is -2.02. The molecular formula is C17H20N2O3. The van der Waals surface area contributed by atoms with E-state index in [0.717, 1.165) is 40.2 Å². The summed E-state index contributed by atoms with van der Waals surface area (Å²) < 4.78 is 18.3. The molecule has 0 radical (unpaired) electrons. The molecule has 3 aromatic rings. The number of nitrogens with one attached hydrogen (secondary N) is 1. The summed E-state index contributed by atoms with van der Waals surface area (Å²) in [6.45, 7) is 1.44. The van der Waals surface area contributed by atoms with Gasteiger partial charge in [-0.1, -0.05) is 0 Å². The quantitative estimate of drug-likeness (QED) is 0.760. The number of hydrogen-bond acceptors (Lipinski definition) is 3. The van der Waals surface area contributed by atoms with Gasteiger partial charge in [-0.05, 0) is 18.2 Å². The first-order valence-corrected chi connectivity index (χ1v) is 7.16. The third-order valence-corrected chi connectivity index (χ3v) is 3.81. The van der Waals surface area contributed by atoms with Crippen molar-refractivity contribution in [1.82, 2.24) is 9.55 Å². The van der Waals surface area contributed by atoms with Gasteiger partial charge in [-0.15, -0.1) is 0 Å². The summed E-state index contributed by atoms with van der Waals surface area (Å²) in [5.74, 6) is 1.46. The van der Waals surface area contributed by atoms with Crippen LogP contribution < -0.4 is 9.47 Å². The fourth-order valence-electron chi connectivity index (χ4n) is 2.70. The summed E-state index contributed by atoms with van der Waals surface area (Å²) >= 11 is 0. The number of H-pyrrole nitrogens is 1. The first kappa shape index (κ1) is 14.5. The highest BCUT2D eigenvalue weighted by Gasteiger charge is 2.15. The van der Waals surface area contributed by atoms with E-state index in [1.54, 1.807) is 21.3 Å². The van der Waals surface area contributed by atoms with Crippen molar-refractivity contribution in [3.05, 3.63) is 36.7 Å². The predicted octanol–water partition coefficient (Wildman–Crippen LogP) is 3.30. The standard InChI is InChI=1S/C17H20N2O3/c1-20-8-7-19-11-13(14-5-4-6-18-14)12-9-16(21-2)17(22-3)10-15(12)19/h4-6,9-11,18H,7-8H2,1-3H3. The number of ether oxygens (including phenoxy) is 3. The third kappa shape index (κ3) is 2.44. The topological polar surface area (TPSA) is 48.4 Å². The third-order valence-electron chi connectivity index (χ3n) is 3.81. The normalized spacial score (nSPS) is 11.0. The minimum Gasteiger partial charge on any atom is -0.493 e. The smallest absolute Gasteiger partial charge is 0.162 e. The van der Waals surface area contributed by atoms with Gasteiger partial charge in [0.1, 0.15) is 0 Å². The van der Waals surface area contributed by atoms with Gasteiger partial charge in [0.25, 0.3) is 0 Å². The van der Waals surface area contributed by atoms with E-state index >= 15 is 0 Å². The van der Waals surface area contributed by atoms with E-state index in [0.29, 0.717) is 6.61 Å². The Morgan fingerprint density at radius 2 is 1.86 bits per heavy atom. The van der Waals surface area contributed by atoms with Crippen LogP contribution in [0, 0.1) is 0 Å². The van der Waals surface area contributed by atoms with Crippen LogP contribution in [0.5, 0.6) is 11.5 Å². The first-order valence-electron chi connectivity index (χ1n) is 7.16. The van der Waals surface area contributed by atoms with Crippen LogP contribution in [0.15, 0.2) is 36.7 Å². The molecule has 0 saturated heterocycles. The van der Waals surface area contributed by atoms with Gasteiger partial charge in [-0.2, -0.15) is 0 Å². The van der Waals surface area contributed by atoms with E-state index in [1.807, 2.05) is 24.4 Å². The van der Waals surface area contributed by atoms with Crippen LogP contribution in [0.1, 0.15) is 0 Å². The molecule has 0 amide bonds. The van der Waals surface area contributed by atoms with Gasteiger partial charge in [0.05, 0.1) is 26.3 Å². The molecule has 1 N–H and O–H groups in total. The molecule has 5 heteroatoms. The summed E-state index contributed by atoms with van der Waals surface area (Å²) in [6, 6.07) is 8.09. The molecule has 0 unspecified atom stereocenters. The maximum Gasteiger partial charge on any atom is 0.162 e. The van der Waals surface area contributed by atoms with Crippen LogP contribution in [0.4, 0.5) is 0 Å². The van der Waals surface area contributed by atoms with Gasteiger partial charge in [-0.25, -0.2) is 0 Å². The van der Waals surface area contributed by atoms with Gasteiger partial charge in [0, 0.05) is 48.8 Å². The van der Waals surface area contributed by atoms with Crippen LogP contribution in [0.2, 0.25) is 0 Å². The average Bonchev–Trinajstić information content (AvgIpc) is 3.18. The molecule has 0 aliphatic heterocycles. The van der Waals surface area contributed by atoms with Crippen molar-refractivity contribution in [3.8, 4) is 22.8 Å². The van der Waals surface area contributed by atoms with Crippen molar-refractivity contribution in [1.29, 1.82) is 0 Å². The second-order valence-corrected chi connectivity index (χ2v) is 5.04. The van der Waals surface area contributed by atoms with E-state index in [-0.39, 0.29) is 0 Å². The fourth-order valence-corrected chi connectivity index (χ4v) is 2.70. The van der Waals surface area contributed by atoms with Crippen LogP contribution in [-0.2, 0) is 11.3 Å². The van der Waals surface area contributed by atoms with Crippen LogP contribution >= 0.6 is 0 Å². The molecule has 3 rings (SSSR count). The van der Waals surface area contributed by atoms with Gasteiger partial charge in [0.2, 0.25) is 0 Å². The summed E-state index contributed by atoms with van der Waals surface area (Å²) in [7, 11) is 5.01. The summed E-state index contributed by atoms with van der Waals surface area (Å²) in [6.07, 6.45) is 4.06. The lowest BCUT2D eigenvalue weighted by molar-refractivity contribution is 0.188. The van der Waals surface area contributed by atoms with Crippen molar-refractivity contribution < 1.29 is 14.2 Å². The maximum atomic E-state index is 5.44. The van der Waals surface area contributed by atoms with Crippen LogP contribution in [-0.4, -0.2) is 37.5 Å². The number of methoxy groups -OCH3 is 3. The number of aromatic nitrogens is 2. The van der Waals surface area contributed by atoms with Crippen molar-refractivity contribution in [3.63, 3.8) is 0 Å². The molecular weight excluding hydrogens is 280 g/mol. The van der Waals surface area contributed by atoms with Crippen LogP contribution in [0.25, 0.3) is 22.2 Å². The zero-order valence-corrected chi connectivity index (χ0v) is 13.1. The van der Waals surface area contributed by atoms with Gasteiger partial charge >= 0.3 is 0 Å². The van der Waals surface area contributed by atoms with Crippen molar-refractivity contribution >= 4 is 10.9 Å². The molecule has 0 atom stereocenters. The van der Waals surface area contributed by atoms with Gasteiger partial charge in [-0.3, -0.25) is 0 Å².